The molecule has 0 bridgehead atoms. The number of likely N-dealkylation sites (tertiary alicyclic amines) is 1. The van der Waals surface area contributed by atoms with Crippen LogP contribution < -0.4 is 5.32 Å². The number of rotatable bonds is 4. The van der Waals surface area contributed by atoms with Crippen LogP contribution in [0, 0.1) is 11.3 Å². The summed E-state index contributed by atoms with van der Waals surface area (Å²) >= 11 is 0. The standard InChI is InChI=1S/C16H29N3/c1-2-11-19-12-6-9-16(14-17,10-13-19)18-15-7-4-3-5-8-15/h15,18H,2-13H2,1H3. The second-order valence-corrected chi connectivity index (χ2v) is 6.37. The average molecular weight is 263 g/mol. The summed E-state index contributed by atoms with van der Waals surface area (Å²) in [5.41, 5.74) is -0.246. The van der Waals surface area contributed by atoms with Crippen LogP contribution in [-0.4, -0.2) is 36.1 Å². The van der Waals surface area contributed by atoms with Crippen molar-refractivity contribution >= 4 is 0 Å². The molecule has 1 heterocycles. The van der Waals surface area contributed by atoms with E-state index in [9.17, 15) is 5.26 Å². The fraction of sp³-hybridized carbons (Fsp3) is 0.938. The van der Waals surface area contributed by atoms with Gasteiger partial charge in [0.2, 0.25) is 0 Å². The summed E-state index contributed by atoms with van der Waals surface area (Å²) in [6.07, 6.45) is 11.0. The van der Waals surface area contributed by atoms with Gasteiger partial charge >= 0.3 is 0 Å². The molecule has 1 aliphatic carbocycles. The van der Waals surface area contributed by atoms with E-state index in [2.05, 4.69) is 23.2 Å². The number of hydrogen-bond acceptors (Lipinski definition) is 3. The molecule has 0 spiro atoms. The van der Waals surface area contributed by atoms with E-state index in [0.717, 1.165) is 25.8 Å². The third kappa shape index (κ3) is 4.19. The second kappa shape index (κ2) is 7.26. The molecule has 3 heteroatoms. The summed E-state index contributed by atoms with van der Waals surface area (Å²) in [4.78, 5) is 2.53. The van der Waals surface area contributed by atoms with Crippen LogP contribution in [0.15, 0.2) is 0 Å². The van der Waals surface area contributed by atoms with Crippen LogP contribution in [0.3, 0.4) is 0 Å². The Kier molecular flexibility index (Phi) is 5.66. The zero-order valence-electron chi connectivity index (χ0n) is 12.5. The average Bonchev–Trinajstić information content (AvgIpc) is 2.64. The molecule has 2 aliphatic rings. The van der Waals surface area contributed by atoms with Gasteiger partial charge in [0.1, 0.15) is 5.54 Å². The molecule has 0 amide bonds. The van der Waals surface area contributed by atoms with E-state index < -0.39 is 0 Å². The van der Waals surface area contributed by atoms with Gasteiger partial charge < -0.3 is 4.90 Å². The minimum Gasteiger partial charge on any atom is -0.303 e. The lowest BCUT2D eigenvalue weighted by Gasteiger charge is -2.34. The summed E-state index contributed by atoms with van der Waals surface area (Å²) in [7, 11) is 0. The highest BCUT2D eigenvalue weighted by molar-refractivity contribution is 5.09. The van der Waals surface area contributed by atoms with E-state index in [1.165, 1.54) is 51.6 Å². The quantitative estimate of drug-likeness (QED) is 0.847. The van der Waals surface area contributed by atoms with Crippen molar-refractivity contribution in [1.82, 2.24) is 10.2 Å². The Labute approximate surface area is 118 Å². The van der Waals surface area contributed by atoms with Crippen molar-refractivity contribution in [2.75, 3.05) is 19.6 Å². The molecule has 1 unspecified atom stereocenters. The van der Waals surface area contributed by atoms with Gasteiger partial charge in [-0.1, -0.05) is 26.2 Å². The van der Waals surface area contributed by atoms with E-state index >= 15 is 0 Å². The van der Waals surface area contributed by atoms with Crippen molar-refractivity contribution in [2.24, 2.45) is 0 Å². The van der Waals surface area contributed by atoms with Gasteiger partial charge in [-0.25, -0.2) is 0 Å². The fourth-order valence-electron chi connectivity index (χ4n) is 3.66. The predicted molar refractivity (Wildman–Crippen MR) is 78.9 cm³/mol. The van der Waals surface area contributed by atoms with Crippen LogP contribution in [0.25, 0.3) is 0 Å². The van der Waals surface area contributed by atoms with Gasteiger partial charge in [-0.15, -0.1) is 0 Å². The molecular formula is C16H29N3. The van der Waals surface area contributed by atoms with Crippen LogP contribution in [0.4, 0.5) is 0 Å². The first kappa shape index (κ1) is 14.8. The summed E-state index contributed by atoms with van der Waals surface area (Å²) in [5, 5.41) is 13.4. The Morgan fingerprint density at radius 2 is 1.95 bits per heavy atom. The SMILES string of the molecule is CCCN1CCCC(C#N)(NC2CCCCC2)CC1. The lowest BCUT2D eigenvalue weighted by molar-refractivity contribution is 0.254. The molecule has 0 radical (unpaired) electrons. The normalized spacial score (nSPS) is 30.7. The first-order valence-corrected chi connectivity index (χ1v) is 8.19. The van der Waals surface area contributed by atoms with Crippen LogP contribution in [-0.2, 0) is 0 Å². The topological polar surface area (TPSA) is 39.1 Å². The summed E-state index contributed by atoms with van der Waals surface area (Å²) in [5.74, 6) is 0. The van der Waals surface area contributed by atoms with Gasteiger partial charge in [0.25, 0.3) is 0 Å². The summed E-state index contributed by atoms with van der Waals surface area (Å²) in [6, 6.07) is 3.22. The first-order valence-electron chi connectivity index (χ1n) is 8.19. The molecule has 0 aromatic carbocycles. The van der Waals surface area contributed by atoms with Crippen molar-refractivity contribution < 1.29 is 0 Å². The van der Waals surface area contributed by atoms with Crippen LogP contribution >= 0.6 is 0 Å². The lowest BCUT2D eigenvalue weighted by atomic mass is 9.87. The van der Waals surface area contributed by atoms with Crippen LogP contribution in [0.5, 0.6) is 0 Å². The number of hydrogen-bond donors (Lipinski definition) is 1. The maximum absolute atomic E-state index is 9.68. The van der Waals surface area contributed by atoms with Crippen LogP contribution in [0.1, 0.15) is 64.7 Å². The molecule has 1 saturated heterocycles. The van der Waals surface area contributed by atoms with Crippen molar-refractivity contribution in [3.8, 4) is 6.07 Å². The Hall–Kier alpha value is -0.590. The number of nitrogens with one attached hydrogen (secondary N) is 1. The molecular weight excluding hydrogens is 234 g/mol. The maximum Gasteiger partial charge on any atom is 0.108 e. The summed E-state index contributed by atoms with van der Waals surface area (Å²) < 4.78 is 0. The Morgan fingerprint density at radius 3 is 2.63 bits per heavy atom. The monoisotopic (exact) mass is 263 g/mol. The van der Waals surface area contributed by atoms with Crippen molar-refractivity contribution in [3.05, 3.63) is 0 Å². The third-order valence-corrected chi connectivity index (χ3v) is 4.77. The summed E-state index contributed by atoms with van der Waals surface area (Å²) in [6.45, 7) is 5.68. The van der Waals surface area contributed by atoms with Gasteiger partial charge in [-0.2, -0.15) is 5.26 Å². The molecule has 3 nitrogen and oxygen atoms in total. The van der Waals surface area contributed by atoms with E-state index in [-0.39, 0.29) is 5.54 Å². The van der Waals surface area contributed by atoms with E-state index in [1.54, 1.807) is 0 Å². The Balaban J connectivity index is 1.91. The Bertz CT molecular complexity index is 304. The van der Waals surface area contributed by atoms with E-state index in [0.29, 0.717) is 6.04 Å². The molecule has 1 atom stereocenters. The van der Waals surface area contributed by atoms with Crippen molar-refractivity contribution in [2.45, 2.75) is 76.3 Å². The van der Waals surface area contributed by atoms with Gasteiger partial charge in [-0.05, 0) is 51.6 Å². The van der Waals surface area contributed by atoms with E-state index in [1.807, 2.05) is 0 Å². The van der Waals surface area contributed by atoms with Gasteiger partial charge in [-0.3, -0.25) is 5.32 Å². The highest BCUT2D eigenvalue weighted by Crippen LogP contribution is 2.26. The van der Waals surface area contributed by atoms with Crippen molar-refractivity contribution in [1.29, 1.82) is 5.26 Å². The largest absolute Gasteiger partial charge is 0.303 e. The zero-order valence-corrected chi connectivity index (χ0v) is 12.5. The molecule has 19 heavy (non-hydrogen) atoms. The fourth-order valence-corrected chi connectivity index (χ4v) is 3.66. The highest BCUT2D eigenvalue weighted by Gasteiger charge is 2.34. The third-order valence-electron chi connectivity index (χ3n) is 4.77. The molecule has 1 saturated carbocycles. The molecule has 0 aromatic heterocycles. The molecule has 1 N–H and O–H groups in total. The zero-order chi connectivity index (χ0) is 13.6. The van der Waals surface area contributed by atoms with Gasteiger partial charge in [0, 0.05) is 12.6 Å². The maximum atomic E-state index is 9.68. The van der Waals surface area contributed by atoms with E-state index in [4.69, 9.17) is 0 Å². The van der Waals surface area contributed by atoms with Gasteiger partial charge in [0.15, 0.2) is 0 Å². The predicted octanol–water partition coefficient (Wildman–Crippen LogP) is 3.07. The molecule has 2 rings (SSSR count). The van der Waals surface area contributed by atoms with Crippen LogP contribution in [0.2, 0.25) is 0 Å². The highest BCUT2D eigenvalue weighted by atomic mass is 15.1. The molecule has 1 aliphatic heterocycles. The minimum atomic E-state index is -0.246. The Morgan fingerprint density at radius 1 is 1.16 bits per heavy atom. The minimum absolute atomic E-state index is 0.246. The molecule has 2 fully saturated rings. The smallest absolute Gasteiger partial charge is 0.108 e. The number of nitrogens with zero attached hydrogens (tertiary/aromatic N) is 2. The molecule has 0 aromatic rings. The number of nitriles is 1. The second-order valence-electron chi connectivity index (χ2n) is 6.37. The first-order chi connectivity index (χ1) is 9.28. The lowest BCUT2D eigenvalue weighted by Crippen LogP contribution is -2.50. The molecule has 108 valence electrons. The van der Waals surface area contributed by atoms with Crippen molar-refractivity contribution in [3.63, 3.8) is 0 Å². The van der Waals surface area contributed by atoms with Gasteiger partial charge in [0.05, 0.1) is 6.07 Å².